The quantitative estimate of drug-likeness (QED) is 0.814. The van der Waals surface area contributed by atoms with Gasteiger partial charge in [0.15, 0.2) is 0 Å². The third-order valence-electron chi connectivity index (χ3n) is 3.12. The summed E-state index contributed by atoms with van der Waals surface area (Å²) in [6, 6.07) is 9.76. The second kappa shape index (κ2) is 6.77. The third kappa shape index (κ3) is 5.33. The summed E-state index contributed by atoms with van der Waals surface area (Å²) < 4.78 is 0. The van der Waals surface area contributed by atoms with Gasteiger partial charge in [-0.1, -0.05) is 29.8 Å². The third-order valence-corrected chi connectivity index (χ3v) is 3.12. The van der Waals surface area contributed by atoms with Crippen LogP contribution >= 0.6 is 0 Å². The molecular formula is C15H26N2. The molecule has 0 spiro atoms. The number of hydrogen-bond acceptors (Lipinski definition) is 2. The first kappa shape index (κ1) is 14.2. The van der Waals surface area contributed by atoms with Crippen molar-refractivity contribution < 1.29 is 0 Å². The van der Waals surface area contributed by atoms with Gasteiger partial charge >= 0.3 is 0 Å². The number of benzene rings is 1. The topological polar surface area (TPSA) is 15.3 Å². The van der Waals surface area contributed by atoms with Gasteiger partial charge in [-0.05, 0) is 53.4 Å². The zero-order chi connectivity index (χ0) is 12.8. The van der Waals surface area contributed by atoms with Crippen molar-refractivity contribution in [2.24, 2.45) is 0 Å². The van der Waals surface area contributed by atoms with Crippen LogP contribution in [0.15, 0.2) is 24.3 Å². The van der Waals surface area contributed by atoms with E-state index in [2.05, 4.69) is 69.3 Å². The van der Waals surface area contributed by atoms with Crippen LogP contribution in [0.4, 0.5) is 0 Å². The van der Waals surface area contributed by atoms with Crippen LogP contribution in [0.1, 0.15) is 37.4 Å². The summed E-state index contributed by atoms with van der Waals surface area (Å²) in [4.78, 5) is 2.23. The summed E-state index contributed by atoms with van der Waals surface area (Å²) in [5.74, 6) is 0. The van der Waals surface area contributed by atoms with E-state index in [1.807, 2.05) is 0 Å². The molecule has 2 atom stereocenters. The van der Waals surface area contributed by atoms with E-state index in [1.54, 1.807) is 0 Å². The Bertz CT molecular complexity index is 316. The lowest BCUT2D eigenvalue weighted by atomic mass is 10.1. The maximum Gasteiger partial charge on any atom is 0.0294 e. The highest BCUT2D eigenvalue weighted by Crippen LogP contribution is 2.14. The van der Waals surface area contributed by atoms with Gasteiger partial charge in [-0.25, -0.2) is 0 Å². The standard InChI is InChI=1S/C15H26N2/c1-12-6-8-15(9-7-12)14(3)16-13(2)10-11-17(4)5/h6-9,13-14,16H,10-11H2,1-5H3. The first-order valence-corrected chi connectivity index (χ1v) is 6.46. The van der Waals surface area contributed by atoms with E-state index in [0.717, 1.165) is 6.54 Å². The van der Waals surface area contributed by atoms with Crippen molar-refractivity contribution in [2.45, 2.75) is 39.3 Å². The van der Waals surface area contributed by atoms with Gasteiger partial charge in [-0.15, -0.1) is 0 Å². The molecule has 2 unspecified atom stereocenters. The molecule has 96 valence electrons. The lowest BCUT2D eigenvalue weighted by Crippen LogP contribution is -2.31. The van der Waals surface area contributed by atoms with Gasteiger partial charge in [0.05, 0.1) is 0 Å². The highest BCUT2D eigenvalue weighted by molar-refractivity contribution is 5.23. The Kier molecular flexibility index (Phi) is 5.66. The van der Waals surface area contributed by atoms with E-state index in [0.29, 0.717) is 12.1 Å². The minimum Gasteiger partial charge on any atom is -0.309 e. The molecule has 1 N–H and O–H groups in total. The molecule has 2 nitrogen and oxygen atoms in total. The fourth-order valence-corrected chi connectivity index (χ4v) is 1.91. The number of nitrogens with one attached hydrogen (secondary N) is 1. The van der Waals surface area contributed by atoms with E-state index in [9.17, 15) is 0 Å². The van der Waals surface area contributed by atoms with Crippen LogP contribution in [-0.2, 0) is 0 Å². The lowest BCUT2D eigenvalue weighted by molar-refractivity contribution is 0.354. The zero-order valence-electron chi connectivity index (χ0n) is 11.8. The molecule has 0 fully saturated rings. The van der Waals surface area contributed by atoms with Crippen molar-refractivity contribution in [1.29, 1.82) is 0 Å². The van der Waals surface area contributed by atoms with E-state index >= 15 is 0 Å². The minimum absolute atomic E-state index is 0.424. The maximum atomic E-state index is 3.64. The molecule has 0 saturated carbocycles. The van der Waals surface area contributed by atoms with Crippen molar-refractivity contribution in [3.05, 3.63) is 35.4 Å². The van der Waals surface area contributed by atoms with Crippen LogP contribution in [-0.4, -0.2) is 31.6 Å². The normalized spacial score (nSPS) is 14.9. The Balaban J connectivity index is 2.42. The highest BCUT2D eigenvalue weighted by Gasteiger charge is 2.09. The van der Waals surface area contributed by atoms with Crippen molar-refractivity contribution in [3.63, 3.8) is 0 Å². The molecule has 0 aromatic heterocycles. The second-order valence-electron chi connectivity index (χ2n) is 5.29. The summed E-state index contributed by atoms with van der Waals surface area (Å²) >= 11 is 0. The second-order valence-corrected chi connectivity index (χ2v) is 5.29. The smallest absolute Gasteiger partial charge is 0.0294 e. The Labute approximate surface area is 106 Å². The van der Waals surface area contributed by atoms with Crippen LogP contribution in [0.25, 0.3) is 0 Å². The Morgan fingerprint density at radius 3 is 2.24 bits per heavy atom. The van der Waals surface area contributed by atoms with Gasteiger partial charge < -0.3 is 10.2 Å². The van der Waals surface area contributed by atoms with E-state index < -0.39 is 0 Å². The van der Waals surface area contributed by atoms with E-state index in [-0.39, 0.29) is 0 Å². The van der Waals surface area contributed by atoms with Crippen LogP contribution < -0.4 is 5.32 Å². The first-order valence-electron chi connectivity index (χ1n) is 6.46. The average Bonchev–Trinajstić information content (AvgIpc) is 2.27. The van der Waals surface area contributed by atoms with Gasteiger partial charge in [0.1, 0.15) is 0 Å². The monoisotopic (exact) mass is 234 g/mol. The number of rotatable bonds is 6. The number of hydrogen-bond donors (Lipinski definition) is 1. The number of nitrogens with zero attached hydrogens (tertiary/aromatic N) is 1. The minimum atomic E-state index is 0.424. The fraction of sp³-hybridized carbons (Fsp3) is 0.600. The molecule has 0 amide bonds. The summed E-state index contributed by atoms with van der Waals surface area (Å²) in [5, 5.41) is 3.64. The summed E-state index contributed by atoms with van der Waals surface area (Å²) in [6.45, 7) is 7.75. The zero-order valence-corrected chi connectivity index (χ0v) is 11.8. The molecule has 17 heavy (non-hydrogen) atoms. The largest absolute Gasteiger partial charge is 0.309 e. The van der Waals surface area contributed by atoms with Gasteiger partial charge in [-0.2, -0.15) is 0 Å². The Hall–Kier alpha value is -0.860. The van der Waals surface area contributed by atoms with Gasteiger partial charge in [0.25, 0.3) is 0 Å². The Morgan fingerprint density at radius 1 is 1.12 bits per heavy atom. The molecule has 1 aromatic carbocycles. The van der Waals surface area contributed by atoms with Crippen LogP contribution in [0.2, 0.25) is 0 Å². The van der Waals surface area contributed by atoms with Crippen LogP contribution in [0.3, 0.4) is 0 Å². The molecule has 0 aliphatic carbocycles. The maximum absolute atomic E-state index is 3.64. The molecule has 0 aliphatic rings. The number of aryl methyl sites for hydroxylation is 1. The molecular weight excluding hydrogens is 208 g/mol. The lowest BCUT2D eigenvalue weighted by Gasteiger charge is -2.22. The summed E-state index contributed by atoms with van der Waals surface area (Å²) in [7, 11) is 4.24. The SMILES string of the molecule is Cc1ccc(C(C)NC(C)CCN(C)C)cc1. The fourth-order valence-electron chi connectivity index (χ4n) is 1.91. The molecule has 0 saturated heterocycles. The molecule has 0 bridgehead atoms. The average molecular weight is 234 g/mol. The molecule has 0 heterocycles. The predicted octanol–water partition coefficient (Wildman–Crippen LogP) is 2.99. The van der Waals surface area contributed by atoms with Crippen molar-refractivity contribution >= 4 is 0 Å². The van der Waals surface area contributed by atoms with E-state index in [1.165, 1.54) is 17.5 Å². The van der Waals surface area contributed by atoms with Crippen molar-refractivity contribution in [1.82, 2.24) is 10.2 Å². The molecule has 0 radical (unpaired) electrons. The van der Waals surface area contributed by atoms with Crippen molar-refractivity contribution in [2.75, 3.05) is 20.6 Å². The van der Waals surface area contributed by atoms with Crippen molar-refractivity contribution in [3.8, 4) is 0 Å². The van der Waals surface area contributed by atoms with Crippen LogP contribution in [0.5, 0.6) is 0 Å². The highest BCUT2D eigenvalue weighted by atomic mass is 15.1. The van der Waals surface area contributed by atoms with Crippen LogP contribution in [0, 0.1) is 6.92 Å². The van der Waals surface area contributed by atoms with Gasteiger partial charge in [0.2, 0.25) is 0 Å². The first-order chi connectivity index (χ1) is 7.99. The summed E-state index contributed by atoms with van der Waals surface area (Å²) in [5.41, 5.74) is 2.69. The molecule has 0 aliphatic heterocycles. The van der Waals surface area contributed by atoms with Gasteiger partial charge in [0, 0.05) is 12.1 Å². The van der Waals surface area contributed by atoms with Gasteiger partial charge in [-0.3, -0.25) is 0 Å². The molecule has 1 aromatic rings. The molecule has 1 rings (SSSR count). The Morgan fingerprint density at radius 2 is 1.71 bits per heavy atom. The predicted molar refractivity (Wildman–Crippen MR) is 75.4 cm³/mol. The molecule has 2 heteroatoms. The summed E-state index contributed by atoms with van der Waals surface area (Å²) in [6.07, 6.45) is 1.18. The van der Waals surface area contributed by atoms with E-state index in [4.69, 9.17) is 0 Å².